The van der Waals surface area contributed by atoms with E-state index in [0.29, 0.717) is 0 Å². The number of nitrogens with zero attached hydrogens (tertiary/aromatic N) is 2. The van der Waals surface area contributed by atoms with Gasteiger partial charge in [-0.25, -0.2) is 0 Å². The Morgan fingerprint density at radius 1 is 1.39 bits per heavy atom. The standard InChI is InChI=1S/C15H24N2O/c1-12(18)14-4-6-15(7-5-14)17(3)11-13-8-9-16(2)10-13/h4-7,12-13,18H,8-11H2,1-3H3/t12-,13?/m1/s1. The van der Waals surface area contributed by atoms with Crippen LogP contribution in [0.3, 0.4) is 0 Å². The maximum atomic E-state index is 9.49. The second kappa shape index (κ2) is 5.72. The zero-order valence-electron chi connectivity index (χ0n) is 11.6. The third kappa shape index (κ3) is 3.24. The largest absolute Gasteiger partial charge is 0.389 e. The van der Waals surface area contributed by atoms with Crippen LogP contribution < -0.4 is 4.90 Å². The van der Waals surface area contributed by atoms with E-state index in [4.69, 9.17) is 0 Å². The second-order valence-corrected chi connectivity index (χ2v) is 5.56. The molecular formula is C15H24N2O. The molecule has 0 aliphatic carbocycles. The normalized spacial score (nSPS) is 22.1. The molecule has 2 rings (SSSR count). The highest BCUT2D eigenvalue weighted by Gasteiger charge is 2.20. The van der Waals surface area contributed by atoms with E-state index < -0.39 is 0 Å². The summed E-state index contributed by atoms with van der Waals surface area (Å²) in [6.07, 6.45) is 0.917. The summed E-state index contributed by atoms with van der Waals surface area (Å²) >= 11 is 0. The SMILES string of the molecule is C[C@@H](O)c1ccc(N(C)CC2CCN(C)C2)cc1. The van der Waals surface area contributed by atoms with E-state index in [-0.39, 0.29) is 6.10 Å². The van der Waals surface area contributed by atoms with Gasteiger partial charge in [0.05, 0.1) is 6.10 Å². The summed E-state index contributed by atoms with van der Waals surface area (Å²) in [7, 11) is 4.34. The van der Waals surface area contributed by atoms with Crippen molar-refractivity contribution in [2.45, 2.75) is 19.4 Å². The Labute approximate surface area is 110 Å². The molecule has 0 amide bonds. The van der Waals surface area contributed by atoms with Crippen LogP contribution >= 0.6 is 0 Å². The molecule has 1 N–H and O–H groups in total. The van der Waals surface area contributed by atoms with Gasteiger partial charge in [0.25, 0.3) is 0 Å². The van der Waals surface area contributed by atoms with E-state index in [1.807, 2.05) is 12.1 Å². The fourth-order valence-electron chi connectivity index (χ4n) is 2.68. The van der Waals surface area contributed by atoms with Crippen LogP contribution in [0.1, 0.15) is 25.0 Å². The van der Waals surface area contributed by atoms with Gasteiger partial charge in [-0.3, -0.25) is 0 Å². The molecule has 1 aliphatic rings. The van der Waals surface area contributed by atoms with Crippen molar-refractivity contribution < 1.29 is 5.11 Å². The maximum Gasteiger partial charge on any atom is 0.0761 e. The fourth-order valence-corrected chi connectivity index (χ4v) is 2.68. The predicted molar refractivity (Wildman–Crippen MR) is 75.9 cm³/mol. The van der Waals surface area contributed by atoms with E-state index in [2.05, 4.69) is 36.0 Å². The van der Waals surface area contributed by atoms with Crippen molar-refractivity contribution in [1.29, 1.82) is 0 Å². The molecule has 0 bridgehead atoms. The Bertz CT molecular complexity index is 375. The Hall–Kier alpha value is -1.06. The third-order valence-electron chi connectivity index (χ3n) is 3.84. The average molecular weight is 248 g/mol. The van der Waals surface area contributed by atoms with Crippen molar-refractivity contribution in [3.8, 4) is 0 Å². The van der Waals surface area contributed by atoms with Crippen LogP contribution in [0.4, 0.5) is 5.69 Å². The number of benzene rings is 1. The summed E-state index contributed by atoms with van der Waals surface area (Å²) in [6, 6.07) is 8.22. The highest BCUT2D eigenvalue weighted by atomic mass is 16.3. The lowest BCUT2D eigenvalue weighted by Crippen LogP contribution is -2.27. The maximum absolute atomic E-state index is 9.49. The first kappa shape index (κ1) is 13.4. The van der Waals surface area contributed by atoms with E-state index in [1.165, 1.54) is 25.2 Å². The zero-order valence-corrected chi connectivity index (χ0v) is 11.6. The van der Waals surface area contributed by atoms with Crippen molar-refractivity contribution in [3.05, 3.63) is 29.8 Å². The zero-order chi connectivity index (χ0) is 13.1. The third-order valence-corrected chi connectivity index (χ3v) is 3.84. The molecule has 1 saturated heterocycles. The monoisotopic (exact) mass is 248 g/mol. The number of aliphatic hydroxyl groups excluding tert-OH is 1. The van der Waals surface area contributed by atoms with E-state index in [0.717, 1.165) is 18.0 Å². The van der Waals surface area contributed by atoms with Crippen LogP contribution in [-0.2, 0) is 0 Å². The fraction of sp³-hybridized carbons (Fsp3) is 0.600. The first-order chi connectivity index (χ1) is 8.56. The first-order valence-electron chi connectivity index (χ1n) is 6.74. The molecule has 0 spiro atoms. The molecule has 1 aliphatic heterocycles. The minimum Gasteiger partial charge on any atom is -0.389 e. The van der Waals surface area contributed by atoms with Crippen LogP contribution in [0.2, 0.25) is 0 Å². The molecule has 18 heavy (non-hydrogen) atoms. The molecular weight excluding hydrogens is 224 g/mol. The lowest BCUT2D eigenvalue weighted by atomic mass is 10.1. The Kier molecular flexibility index (Phi) is 4.25. The van der Waals surface area contributed by atoms with Gasteiger partial charge in [-0.05, 0) is 50.6 Å². The summed E-state index contributed by atoms with van der Waals surface area (Å²) in [5.74, 6) is 0.774. The lowest BCUT2D eigenvalue weighted by Gasteiger charge is -2.23. The van der Waals surface area contributed by atoms with Crippen molar-refractivity contribution >= 4 is 5.69 Å². The van der Waals surface area contributed by atoms with E-state index in [1.54, 1.807) is 6.92 Å². The minimum absolute atomic E-state index is 0.382. The molecule has 1 heterocycles. The van der Waals surface area contributed by atoms with Gasteiger partial charge < -0.3 is 14.9 Å². The lowest BCUT2D eigenvalue weighted by molar-refractivity contribution is 0.199. The molecule has 3 nitrogen and oxygen atoms in total. The summed E-state index contributed by atoms with van der Waals surface area (Å²) in [6.45, 7) is 5.33. The van der Waals surface area contributed by atoms with Crippen LogP contribution in [0.15, 0.2) is 24.3 Å². The molecule has 2 atom stereocenters. The van der Waals surface area contributed by atoms with Crippen LogP contribution in [0, 0.1) is 5.92 Å². The molecule has 1 fully saturated rings. The Morgan fingerprint density at radius 2 is 2.06 bits per heavy atom. The summed E-state index contributed by atoms with van der Waals surface area (Å²) in [5.41, 5.74) is 2.21. The van der Waals surface area contributed by atoms with E-state index in [9.17, 15) is 5.11 Å². The van der Waals surface area contributed by atoms with Gasteiger partial charge in [0.2, 0.25) is 0 Å². The van der Waals surface area contributed by atoms with Gasteiger partial charge in [0, 0.05) is 25.8 Å². The highest BCUT2D eigenvalue weighted by Crippen LogP contribution is 2.21. The number of hydrogen-bond donors (Lipinski definition) is 1. The molecule has 1 aromatic carbocycles. The van der Waals surface area contributed by atoms with Crippen LogP contribution in [-0.4, -0.2) is 43.7 Å². The van der Waals surface area contributed by atoms with Crippen molar-refractivity contribution in [3.63, 3.8) is 0 Å². The Balaban J connectivity index is 1.94. The number of rotatable bonds is 4. The molecule has 1 unspecified atom stereocenters. The van der Waals surface area contributed by atoms with Crippen molar-refractivity contribution in [1.82, 2.24) is 4.90 Å². The predicted octanol–water partition coefficient (Wildman–Crippen LogP) is 2.13. The molecule has 100 valence electrons. The highest BCUT2D eigenvalue weighted by molar-refractivity contribution is 5.47. The Morgan fingerprint density at radius 3 is 2.56 bits per heavy atom. The molecule has 3 heteroatoms. The van der Waals surface area contributed by atoms with E-state index >= 15 is 0 Å². The van der Waals surface area contributed by atoms with Gasteiger partial charge >= 0.3 is 0 Å². The van der Waals surface area contributed by atoms with Crippen LogP contribution in [0.25, 0.3) is 0 Å². The van der Waals surface area contributed by atoms with Crippen molar-refractivity contribution in [2.24, 2.45) is 5.92 Å². The van der Waals surface area contributed by atoms with Gasteiger partial charge in [-0.2, -0.15) is 0 Å². The number of hydrogen-bond acceptors (Lipinski definition) is 3. The second-order valence-electron chi connectivity index (χ2n) is 5.56. The smallest absolute Gasteiger partial charge is 0.0761 e. The minimum atomic E-state index is -0.382. The molecule has 1 aromatic rings. The molecule has 0 saturated carbocycles. The summed E-state index contributed by atoms with van der Waals surface area (Å²) in [5, 5.41) is 9.49. The molecule has 0 radical (unpaired) electrons. The average Bonchev–Trinajstić information content (AvgIpc) is 2.75. The number of likely N-dealkylation sites (tertiary alicyclic amines) is 1. The van der Waals surface area contributed by atoms with Crippen LogP contribution in [0.5, 0.6) is 0 Å². The first-order valence-corrected chi connectivity index (χ1v) is 6.74. The summed E-state index contributed by atoms with van der Waals surface area (Å²) in [4.78, 5) is 4.71. The van der Waals surface area contributed by atoms with Crippen molar-refractivity contribution in [2.75, 3.05) is 38.6 Å². The summed E-state index contributed by atoms with van der Waals surface area (Å²) < 4.78 is 0. The van der Waals surface area contributed by atoms with Gasteiger partial charge in [-0.1, -0.05) is 12.1 Å². The van der Waals surface area contributed by atoms with Gasteiger partial charge in [0.1, 0.15) is 0 Å². The molecule has 0 aromatic heterocycles. The van der Waals surface area contributed by atoms with Gasteiger partial charge in [0.15, 0.2) is 0 Å². The number of anilines is 1. The van der Waals surface area contributed by atoms with Gasteiger partial charge in [-0.15, -0.1) is 0 Å². The number of aliphatic hydroxyl groups is 1. The quantitative estimate of drug-likeness (QED) is 0.884. The topological polar surface area (TPSA) is 26.7 Å².